The van der Waals surface area contributed by atoms with Crippen LogP contribution in [0, 0.1) is 0 Å². The number of nitrogens with zero attached hydrogens (tertiary/aromatic N) is 2. The fourth-order valence-electron chi connectivity index (χ4n) is 2.64. The Morgan fingerprint density at radius 1 is 1.17 bits per heavy atom. The summed E-state index contributed by atoms with van der Waals surface area (Å²) in [6, 6.07) is 16.4. The third-order valence-corrected chi connectivity index (χ3v) is 5.78. The van der Waals surface area contributed by atoms with E-state index in [-0.39, 0.29) is 17.2 Å². The van der Waals surface area contributed by atoms with Crippen molar-refractivity contribution in [2.45, 2.75) is 5.16 Å². The number of ether oxygens (including phenoxy) is 1. The Morgan fingerprint density at radius 2 is 2.00 bits per heavy atom. The van der Waals surface area contributed by atoms with E-state index in [0.717, 1.165) is 33.3 Å². The van der Waals surface area contributed by atoms with Crippen LogP contribution in [0.2, 0.25) is 0 Å². The molecule has 0 aliphatic rings. The Morgan fingerprint density at radius 3 is 2.79 bits per heavy atom. The molecule has 0 atom stereocenters. The van der Waals surface area contributed by atoms with E-state index >= 15 is 0 Å². The lowest BCUT2D eigenvalue weighted by molar-refractivity contribution is -0.113. The second kappa shape index (κ2) is 8.46. The molecule has 0 bridgehead atoms. The normalized spacial score (nSPS) is 10.8. The molecule has 0 aliphatic carbocycles. The number of hydrogen-bond donors (Lipinski definition) is 2. The van der Waals surface area contributed by atoms with Gasteiger partial charge in [-0.3, -0.25) is 9.59 Å². The maximum atomic E-state index is 12.3. The number of amides is 1. The van der Waals surface area contributed by atoms with Crippen LogP contribution in [0.4, 0.5) is 5.13 Å². The Hall–Kier alpha value is -3.17. The molecule has 0 radical (unpaired) electrons. The Kier molecular flexibility index (Phi) is 5.59. The number of aromatic nitrogens is 3. The molecule has 0 saturated carbocycles. The van der Waals surface area contributed by atoms with E-state index in [4.69, 9.17) is 4.74 Å². The summed E-state index contributed by atoms with van der Waals surface area (Å²) in [5.41, 5.74) is 1.94. The number of carbonyl (C=O) groups is 1. The molecule has 4 aromatic rings. The minimum absolute atomic E-state index is 0.0976. The molecule has 0 unspecified atom stereocenters. The van der Waals surface area contributed by atoms with Crippen LogP contribution in [0.15, 0.2) is 64.5 Å². The number of fused-ring (bicyclic) bond motifs is 1. The fourth-order valence-corrected chi connectivity index (χ4v) is 4.22. The van der Waals surface area contributed by atoms with Crippen molar-refractivity contribution >= 4 is 44.4 Å². The van der Waals surface area contributed by atoms with Crippen LogP contribution >= 0.6 is 23.1 Å². The van der Waals surface area contributed by atoms with Crippen LogP contribution in [-0.2, 0) is 4.79 Å². The number of rotatable bonds is 6. The van der Waals surface area contributed by atoms with Crippen molar-refractivity contribution in [3.8, 4) is 17.0 Å². The van der Waals surface area contributed by atoms with Gasteiger partial charge in [-0.25, -0.2) is 9.97 Å². The van der Waals surface area contributed by atoms with Gasteiger partial charge < -0.3 is 15.0 Å². The molecular formula is C20H16N4O3S2. The van der Waals surface area contributed by atoms with Crippen molar-refractivity contribution in [1.29, 1.82) is 0 Å². The van der Waals surface area contributed by atoms with Crippen LogP contribution in [0.25, 0.3) is 21.5 Å². The molecule has 2 aromatic carbocycles. The van der Waals surface area contributed by atoms with E-state index < -0.39 is 0 Å². The topological polar surface area (TPSA) is 97.0 Å². The number of nitrogens with one attached hydrogen (secondary N) is 2. The minimum Gasteiger partial charge on any atom is -0.497 e. The first kappa shape index (κ1) is 19.2. The number of benzene rings is 2. The first-order chi connectivity index (χ1) is 14.1. The van der Waals surface area contributed by atoms with Crippen molar-refractivity contribution in [2.75, 3.05) is 18.2 Å². The van der Waals surface area contributed by atoms with E-state index in [2.05, 4.69) is 20.3 Å². The number of hydrogen-bond acceptors (Lipinski definition) is 7. The number of methoxy groups -OCH3 is 1. The SMILES string of the molecule is COc1ccc2nc(NC(=O)CSc3nc(-c4ccccc4)cc(=O)[nH]3)sc2c1. The van der Waals surface area contributed by atoms with Crippen LogP contribution in [-0.4, -0.2) is 33.7 Å². The molecule has 0 spiro atoms. The predicted molar refractivity (Wildman–Crippen MR) is 116 cm³/mol. The summed E-state index contributed by atoms with van der Waals surface area (Å²) < 4.78 is 6.13. The van der Waals surface area contributed by atoms with Crippen LogP contribution in [0.5, 0.6) is 5.75 Å². The van der Waals surface area contributed by atoms with E-state index in [0.29, 0.717) is 16.0 Å². The maximum absolute atomic E-state index is 12.3. The summed E-state index contributed by atoms with van der Waals surface area (Å²) in [6.45, 7) is 0. The molecule has 9 heteroatoms. The van der Waals surface area contributed by atoms with Gasteiger partial charge in [-0.2, -0.15) is 0 Å². The molecule has 29 heavy (non-hydrogen) atoms. The number of H-pyrrole nitrogens is 1. The highest BCUT2D eigenvalue weighted by molar-refractivity contribution is 7.99. The second-order valence-electron chi connectivity index (χ2n) is 5.99. The zero-order chi connectivity index (χ0) is 20.2. The first-order valence-electron chi connectivity index (χ1n) is 8.65. The van der Waals surface area contributed by atoms with E-state index in [1.807, 2.05) is 48.5 Å². The third kappa shape index (κ3) is 4.64. The van der Waals surface area contributed by atoms with E-state index in [1.165, 1.54) is 17.4 Å². The maximum Gasteiger partial charge on any atom is 0.252 e. The highest BCUT2D eigenvalue weighted by atomic mass is 32.2. The molecule has 0 saturated heterocycles. The van der Waals surface area contributed by atoms with Crippen molar-refractivity contribution in [3.05, 3.63) is 65.0 Å². The quantitative estimate of drug-likeness (QED) is 0.361. The molecule has 2 aromatic heterocycles. The van der Waals surface area contributed by atoms with Gasteiger partial charge in [0.25, 0.3) is 5.56 Å². The summed E-state index contributed by atoms with van der Waals surface area (Å²) in [4.78, 5) is 35.8. The Balaban J connectivity index is 1.43. The van der Waals surface area contributed by atoms with Gasteiger partial charge in [0.1, 0.15) is 5.75 Å². The highest BCUT2D eigenvalue weighted by Gasteiger charge is 2.11. The van der Waals surface area contributed by atoms with Gasteiger partial charge in [-0.1, -0.05) is 53.4 Å². The number of carbonyl (C=O) groups excluding carboxylic acids is 1. The highest BCUT2D eigenvalue weighted by Crippen LogP contribution is 2.29. The Bertz CT molecular complexity index is 1220. The van der Waals surface area contributed by atoms with Gasteiger partial charge in [0, 0.05) is 11.6 Å². The molecule has 2 N–H and O–H groups in total. The van der Waals surface area contributed by atoms with Gasteiger partial charge in [0.2, 0.25) is 5.91 Å². The van der Waals surface area contributed by atoms with Crippen molar-refractivity contribution in [2.24, 2.45) is 0 Å². The van der Waals surface area contributed by atoms with Gasteiger partial charge in [0.15, 0.2) is 10.3 Å². The largest absolute Gasteiger partial charge is 0.497 e. The molecule has 7 nitrogen and oxygen atoms in total. The van der Waals surface area contributed by atoms with Crippen LogP contribution in [0.3, 0.4) is 0 Å². The number of anilines is 1. The van der Waals surface area contributed by atoms with Gasteiger partial charge in [0.05, 0.1) is 28.8 Å². The first-order valence-corrected chi connectivity index (χ1v) is 10.4. The molecule has 0 fully saturated rings. The molecule has 4 rings (SSSR count). The fraction of sp³-hybridized carbons (Fsp3) is 0.100. The number of thioether (sulfide) groups is 1. The van der Waals surface area contributed by atoms with Crippen molar-refractivity contribution < 1.29 is 9.53 Å². The standard InChI is InChI=1S/C20H16N4O3S2/c1-27-13-7-8-14-16(9-13)29-20(21-14)24-18(26)11-28-19-22-15(10-17(25)23-19)12-5-3-2-4-6-12/h2-10H,11H2,1H3,(H,21,24,26)(H,22,23,25). The van der Waals surface area contributed by atoms with Crippen LogP contribution < -0.4 is 15.6 Å². The van der Waals surface area contributed by atoms with Crippen molar-refractivity contribution in [3.63, 3.8) is 0 Å². The average molecular weight is 425 g/mol. The summed E-state index contributed by atoms with van der Waals surface area (Å²) in [5, 5.41) is 3.69. The summed E-state index contributed by atoms with van der Waals surface area (Å²) in [7, 11) is 1.60. The zero-order valence-corrected chi connectivity index (χ0v) is 17.0. The van der Waals surface area contributed by atoms with Gasteiger partial charge >= 0.3 is 0 Å². The van der Waals surface area contributed by atoms with Gasteiger partial charge in [-0.05, 0) is 18.2 Å². The lowest BCUT2D eigenvalue weighted by atomic mass is 10.1. The van der Waals surface area contributed by atoms with E-state index in [9.17, 15) is 9.59 Å². The minimum atomic E-state index is -0.262. The van der Waals surface area contributed by atoms with Crippen molar-refractivity contribution in [1.82, 2.24) is 15.0 Å². The second-order valence-corrected chi connectivity index (χ2v) is 7.99. The molecule has 1 amide bonds. The monoisotopic (exact) mass is 424 g/mol. The average Bonchev–Trinajstić information content (AvgIpc) is 3.13. The van der Waals surface area contributed by atoms with Crippen LogP contribution in [0.1, 0.15) is 0 Å². The summed E-state index contributed by atoms with van der Waals surface area (Å²) in [5.74, 6) is 0.608. The number of thiazole rings is 1. The number of aromatic amines is 1. The smallest absolute Gasteiger partial charge is 0.252 e. The summed E-state index contributed by atoms with van der Waals surface area (Å²) in [6.07, 6.45) is 0. The molecule has 146 valence electrons. The molecule has 0 aliphatic heterocycles. The molecule has 2 heterocycles. The predicted octanol–water partition coefficient (Wildman–Crippen LogP) is 3.79. The zero-order valence-electron chi connectivity index (χ0n) is 15.3. The lowest BCUT2D eigenvalue weighted by Gasteiger charge is -2.04. The third-order valence-electron chi connectivity index (χ3n) is 3.97. The lowest BCUT2D eigenvalue weighted by Crippen LogP contribution is -2.15. The molecular weight excluding hydrogens is 408 g/mol. The van der Waals surface area contributed by atoms with E-state index in [1.54, 1.807) is 7.11 Å². The van der Waals surface area contributed by atoms with Gasteiger partial charge in [-0.15, -0.1) is 0 Å². The Labute approximate surface area is 174 Å². The summed E-state index contributed by atoms with van der Waals surface area (Å²) >= 11 is 2.54.